The van der Waals surface area contributed by atoms with Gasteiger partial charge in [0.1, 0.15) is 17.0 Å². The van der Waals surface area contributed by atoms with Gasteiger partial charge in [-0.2, -0.15) is 0 Å². The number of hydrogen-bond acceptors (Lipinski definition) is 4. The summed E-state index contributed by atoms with van der Waals surface area (Å²) in [6, 6.07) is 11.7. The van der Waals surface area contributed by atoms with E-state index in [2.05, 4.69) is 0 Å². The highest BCUT2D eigenvalue weighted by molar-refractivity contribution is 5.89. The van der Waals surface area contributed by atoms with Gasteiger partial charge < -0.3 is 20.1 Å². The number of rotatable bonds is 3. The van der Waals surface area contributed by atoms with Gasteiger partial charge in [-0.1, -0.05) is 24.3 Å². The summed E-state index contributed by atoms with van der Waals surface area (Å²) in [5.41, 5.74) is 9.80. The van der Waals surface area contributed by atoms with Gasteiger partial charge in [0.2, 0.25) is 5.91 Å². The van der Waals surface area contributed by atoms with E-state index in [-0.39, 0.29) is 5.91 Å². The van der Waals surface area contributed by atoms with Gasteiger partial charge in [0.25, 0.3) is 0 Å². The number of nitrogens with two attached hydrogens (primary N) is 1. The van der Waals surface area contributed by atoms with Crippen LogP contribution in [0.1, 0.15) is 28.7 Å². The molecule has 0 aromatic heterocycles. The Bertz CT molecular complexity index is 849. The predicted octanol–water partition coefficient (Wildman–Crippen LogP) is 2.35. The molecule has 0 fully saturated rings. The average molecular weight is 338 g/mol. The fourth-order valence-electron chi connectivity index (χ4n) is 4.12. The maximum absolute atomic E-state index is 13.3. The summed E-state index contributed by atoms with van der Waals surface area (Å²) >= 11 is 0. The van der Waals surface area contributed by atoms with Crippen LogP contribution in [0.3, 0.4) is 0 Å². The Morgan fingerprint density at radius 1 is 1.04 bits per heavy atom. The van der Waals surface area contributed by atoms with Crippen molar-refractivity contribution in [2.45, 2.75) is 31.5 Å². The molecule has 2 aliphatic rings. The Morgan fingerprint density at radius 3 is 2.44 bits per heavy atom. The SMILES string of the molecule is COc1cccc2c1CN(C(=O)C1(N)CCc3c(OC)cccc31)C2. The van der Waals surface area contributed by atoms with E-state index in [0.29, 0.717) is 19.5 Å². The van der Waals surface area contributed by atoms with Crippen LogP contribution in [0.25, 0.3) is 0 Å². The second kappa shape index (κ2) is 5.77. The fourth-order valence-corrected chi connectivity index (χ4v) is 4.12. The Morgan fingerprint density at radius 2 is 1.72 bits per heavy atom. The van der Waals surface area contributed by atoms with Gasteiger partial charge in [0.05, 0.1) is 20.8 Å². The first-order valence-electron chi connectivity index (χ1n) is 8.48. The lowest BCUT2D eigenvalue weighted by atomic mass is 9.91. The average Bonchev–Trinajstić information content (AvgIpc) is 3.23. The zero-order valence-electron chi connectivity index (χ0n) is 14.5. The molecule has 1 aliphatic carbocycles. The summed E-state index contributed by atoms with van der Waals surface area (Å²) in [5, 5.41) is 0. The molecule has 1 heterocycles. The van der Waals surface area contributed by atoms with Crippen LogP contribution in [0.15, 0.2) is 36.4 Å². The van der Waals surface area contributed by atoms with Crippen molar-refractivity contribution in [1.82, 2.24) is 4.90 Å². The molecule has 2 aromatic carbocycles. The van der Waals surface area contributed by atoms with E-state index >= 15 is 0 Å². The maximum atomic E-state index is 13.3. The van der Waals surface area contributed by atoms with E-state index in [4.69, 9.17) is 15.2 Å². The minimum atomic E-state index is -0.987. The minimum Gasteiger partial charge on any atom is -0.496 e. The monoisotopic (exact) mass is 338 g/mol. The second-order valence-corrected chi connectivity index (χ2v) is 6.72. The van der Waals surface area contributed by atoms with Gasteiger partial charge in [0, 0.05) is 12.1 Å². The van der Waals surface area contributed by atoms with Crippen LogP contribution in [-0.4, -0.2) is 25.0 Å². The molecule has 25 heavy (non-hydrogen) atoms. The molecule has 130 valence electrons. The number of hydrogen-bond donors (Lipinski definition) is 1. The number of carbonyl (C=O) groups excluding carboxylic acids is 1. The summed E-state index contributed by atoms with van der Waals surface area (Å²) in [4.78, 5) is 15.2. The van der Waals surface area contributed by atoms with Crippen molar-refractivity contribution in [2.24, 2.45) is 5.73 Å². The standard InChI is InChI=1S/C20H22N2O3/c1-24-17-8-4-6-16-14(17)9-10-20(16,21)19(23)22-11-13-5-3-7-18(25-2)15(13)12-22/h3-8H,9-12,21H2,1-2H3. The number of fused-ring (bicyclic) bond motifs is 2. The van der Waals surface area contributed by atoms with Crippen molar-refractivity contribution in [3.05, 3.63) is 58.7 Å². The minimum absolute atomic E-state index is 0.0299. The van der Waals surface area contributed by atoms with Crippen molar-refractivity contribution in [1.29, 1.82) is 0 Å². The summed E-state index contributed by atoms with van der Waals surface area (Å²) in [6.45, 7) is 1.11. The van der Waals surface area contributed by atoms with E-state index in [1.165, 1.54) is 0 Å². The van der Waals surface area contributed by atoms with Crippen LogP contribution in [0, 0.1) is 0 Å². The highest BCUT2D eigenvalue weighted by Crippen LogP contribution is 2.42. The number of benzene rings is 2. The van der Waals surface area contributed by atoms with Gasteiger partial charge in [-0.15, -0.1) is 0 Å². The predicted molar refractivity (Wildman–Crippen MR) is 94.4 cm³/mol. The van der Waals surface area contributed by atoms with Crippen LogP contribution >= 0.6 is 0 Å². The lowest BCUT2D eigenvalue weighted by molar-refractivity contribution is -0.138. The molecule has 1 unspecified atom stereocenters. The number of carbonyl (C=O) groups is 1. The third-order valence-electron chi connectivity index (χ3n) is 5.43. The number of ether oxygens (including phenoxy) is 2. The van der Waals surface area contributed by atoms with Crippen molar-refractivity contribution >= 4 is 5.91 Å². The van der Waals surface area contributed by atoms with Gasteiger partial charge in [-0.25, -0.2) is 0 Å². The molecule has 1 amide bonds. The molecule has 5 heteroatoms. The van der Waals surface area contributed by atoms with Gasteiger partial charge in [-0.05, 0) is 41.7 Å². The highest BCUT2D eigenvalue weighted by Gasteiger charge is 2.46. The Hall–Kier alpha value is -2.53. The summed E-state index contributed by atoms with van der Waals surface area (Å²) in [7, 11) is 3.31. The topological polar surface area (TPSA) is 64.8 Å². The second-order valence-electron chi connectivity index (χ2n) is 6.72. The molecule has 0 radical (unpaired) electrons. The zero-order chi connectivity index (χ0) is 17.6. The molecule has 0 saturated carbocycles. The Balaban J connectivity index is 1.66. The number of amides is 1. The number of methoxy groups -OCH3 is 2. The maximum Gasteiger partial charge on any atom is 0.247 e. The molecule has 5 nitrogen and oxygen atoms in total. The third-order valence-corrected chi connectivity index (χ3v) is 5.43. The smallest absolute Gasteiger partial charge is 0.247 e. The van der Waals surface area contributed by atoms with E-state index in [0.717, 1.165) is 40.2 Å². The summed E-state index contributed by atoms with van der Waals surface area (Å²) < 4.78 is 10.9. The van der Waals surface area contributed by atoms with Crippen LogP contribution in [0.4, 0.5) is 0 Å². The quantitative estimate of drug-likeness (QED) is 0.933. The lowest BCUT2D eigenvalue weighted by Crippen LogP contribution is -2.50. The van der Waals surface area contributed by atoms with Crippen LogP contribution in [0.2, 0.25) is 0 Å². The van der Waals surface area contributed by atoms with Crippen molar-refractivity contribution in [3.8, 4) is 11.5 Å². The van der Waals surface area contributed by atoms with Gasteiger partial charge >= 0.3 is 0 Å². The van der Waals surface area contributed by atoms with E-state index in [1.54, 1.807) is 14.2 Å². The molecule has 4 rings (SSSR count). The van der Waals surface area contributed by atoms with Gasteiger partial charge in [-0.3, -0.25) is 4.79 Å². The molecule has 2 aromatic rings. The van der Waals surface area contributed by atoms with E-state index < -0.39 is 5.54 Å². The molecule has 0 saturated heterocycles. The summed E-state index contributed by atoms with van der Waals surface area (Å²) in [6.07, 6.45) is 1.36. The first-order valence-corrected chi connectivity index (χ1v) is 8.48. The lowest BCUT2D eigenvalue weighted by Gasteiger charge is -2.29. The Kier molecular flexibility index (Phi) is 3.69. The normalized spacial score (nSPS) is 21.0. The highest BCUT2D eigenvalue weighted by atomic mass is 16.5. The van der Waals surface area contributed by atoms with E-state index in [9.17, 15) is 4.79 Å². The zero-order valence-corrected chi connectivity index (χ0v) is 14.5. The van der Waals surface area contributed by atoms with Crippen molar-refractivity contribution in [2.75, 3.05) is 14.2 Å². The molecule has 1 aliphatic heterocycles. The molecule has 0 spiro atoms. The first kappa shape index (κ1) is 16.0. The third kappa shape index (κ3) is 2.30. The van der Waals surface area contributed by atoms with Crippen LogP contribution in [-0.2, 0) is 29.8 Å². The van der Waals surface area contributed by atoms with Crippen molar-refractivity contribution < 1.29 is 14.3 Å². The number of nitrogens with zero attached hydrogens (tertiary/aromatic N) is 1. The van der Waals surface area contributed by atoms with Crippen LogP contribution in [0.5, 0.6) is 11.5 Å². The first-order chi connectivity index (χ1) is 12.1. The summed E-state index contributed by atoms with van der Waals surface area (Å²) in [5.74, 6) is 1.61. The Labute approximate surface area is 147 Å². The van der Waals surface area contributed by atoms with E-state index in [1.807, 2.05) is 41.3 Å². The van der Waals surface area contributed by atoms with Crippen LogP contribution < -0.4 is 15.2 Å². The van der Waals surface area contributed by atoms with Gasteiger partial charge in [0.15, 0.2) is 0 Å². The molecule has 1 atom stereocenters. The molecule has 2 N–H and O–H groups in total. The molecule has 0 bridgehead atoms. The largest absolute Gasteiger partial charge is 0.496 e. The van der Waals surface area contributed by atoms with Crippen molar-refractivity contribution in [3.63, 3.8) is 0 Å². The molecular weight excluding hydrogens is 316 g/mol. The fraction of sp³-hybridized carbons (Fsp3) is 0.350. The molecular formula is C20H22N2O3.